The Morgan fingerprint density at radius 1 is 0.640 bits per heavy atom. The van der Waals surface area contributed by atoms with Crippen LogP contribution in [0.15, 0.2) is 103 Å². The van der Waals surface area contributed by atoms with Crippen LogP contribution in [-0.4, -0.2) is 9.55 Å². The van der Waals surface area contributed by atoms with Crippen molar-refractivity contribution in [1.82, 2.24) is 9.55 Å². The average molecular weight is 328 g/mol. The lowest BCUT2D eigenvalue weighted by Crippen LogP contribution is -2.38. The van der Waals surface area contributed by atoms with Gasteiger partial charge in [0.25, 0.3) is 6.08 Å². The third kappa shape index (κ3) is 2.45. The van der Waals surface area contributed by atoms with Gasteiger partial charge in [0, 0.05) is 12.4 Å². The minimum Gasteiger partial charge on any atom is -0.289 e. The van der Waals surface area contributed by atoms with Crippen LogP contribution in [0, 0.1) is 6.08 Å². The Bertz CT molecular complexity index is 850. The molecular formula is C22H17FN2. The normalized spacial score (nSPS) is 11.4. The standard InChI is InChI=1S/C22H17FN2/c23-21-24-16-17-25(21)22(18-10-4-1-5-11-18,19-12-6-2-7-13-19)20-14-8-3-9-15-20/h1-17H. The molecule has 4 rings (SSSR count). The van der Waals surface area contributed by atoms with E-state index in [1.807, 2.05) is 91.0 Å². The maximum absolute atomic E-state index is 14.8. The molecule has 0 fully saturated rings. The summed E-state index contributed by atoms with van der Waals surface area (Å²) in [4.78, 5) is 3.86. The van der Waals surface area contributed by atoms with Gasteiger partial charge in [-0.2, -0.15) is 4.39 Å². The second kappa shape index (κ2) is 6.36. The van der Waals surface area contributed by atoms with E-state index < -0.39 is 11.6 Å². The first-order valence-corrected chi connectivity index (χ1v) is 8.19. The van der Waals surface area contributed by atoms with E-state index in [4.69, 9.17) is 0 Å². The van der Waals surface area contributed by atoms with Gasteiger partial charge in [0.2, 0.25) is 0 Å². The summed E-state index contributed by atoms with van der Waals surface area (Å²) >= 11 is 0. The molecule has 0 amide bonds. The molecule has 0 aliphatic heterocycles. The molecule has 0 saturated heterocycles. The van der Waals surface area contributed by atoms with Gasteiger partial charge in [-0.05, 0) is 16.7 Å². The average Bonchev–Trinajstić information content (AvgIpc) is 3.12. The molecule has 0 saturated carbocycles. The lowest BCUT2D eigenvalue weighted by atomic mass is 9.77. The van der Waals surface area contributed by atoms with Crippen LogP contribution in [0.5, 0.6) is 0 Å². The predicted octanol–water partition coefficient (Wildman–Crippen LogP) is 4.86. The predicted molar refractivity (Wildman–Crippen MR) is 96.8 cm³/mol. The van der Waals surface area contributed by atoms with Crippen LogP contribution in [0.4, 0.5) is 4.39 Å². The Morgan fingerprint density at radius 3 is 1.36 bits per heavy atom. The van der Waals surface area contributed by atoms with Gasteiger partial charge in [-0.1, -0.05) is 91.0 Å². The van der Waals surface area contributed by atoms with Crippen molar-refractivity contribution < 1.29 is 4.39 Å². The summed E-state index contributed by atoms with van der Waals surface area (Å²) in [6.07, 6.45) is 2.68. The van der Waals surface area contributed by atoms with Crippen molar-refractivity contribution in [2.45, 2.75) is 5.54 Å². The smallest absolute Gasteiger partial charge is 0.289 e. The Labute approximate surface area is 146 Å². The van der Waals surface area contributed by atoms with E-state index in [1.54, 1.807) is 10.8 Å². The van der Waals surface area contributed by atoms with Gasteiger partial charge >= 0.3 is 0 Å². The number of hydrogen-bond acceptors (Lipinski definition) is 1. The SMILES string of the molecule is Fc1nccn1C(c1ccccc1)(c1ccccc1)c1ccccc1. The number of rotatable bonds is 4. The van der Waals surface area contributed by atoms with E-state index in [-0.39, 0.29) is 0 Å². The molecule has 4 aromatic rings. The van der Waals surface area contributed by atoms with Gasteiger partial charge in [-0.15, -0.1) is 0 Å². The molecule has 0 bridgehead atoms. The van der Waals surface area contributed by atoms with E-state index in [0.29, 0.717) is 0 Å². The van der Waals surface area contributed by atoms with Crippen LogP contribution in [-0.2, 0) is 5.54 Å². The number of benzene rings is 3. The van der Waals surface area contributed by atoms with Crippen molar-refractivity contribution in [3.05, 3.63) is 126 Å². The summed E-state index contributed by atoms with van der Waals surface area (Å²) in [7, 11) is 0. The highest BCUT2D eigenvalue weighted by Crippen LogP contribution is 2.41. The van der Waals surface area contributed by atoms with Gasteiger partial charge in [-0.3, -0.25) is 4.57 Å². The number of nitrogens with zero attached hydrogens (tertiary/aromatic N) is 2. The molecule has 0 spiro atoms. The molecule has 1 heterocycles. The highest BCUT2D eigenvalue weighted by molar-refractivity contribution is 5.50. The van der Waals surface area contributed by atoms with E-state index in [2.05, 4.69) is 4.98 Å². The molecule has 0 radical (unpaired) electrons. The van der Waals surface area contributed by atoms with Gasteiger partial charge in [0.1, 0.15) is 5.54 Å². The van der Waals surface area contributed by atoms with Crippen LogP contribution < -0.4 is 0 Å². The molecule has 2 nitrogen and oxygen atoms in total. The largest absolute Gasteiger partial charge is 0.290 e. The molecule has 25 heavy (non-hydrogen) atoms. The first kappa shape index (κ1) is 15.3. The molecule has 0 N–H and O–H groups in total. The third-order valence-electron chi connectivity index (χ3n) is 4.53. The Morgan fingerprint density at radius 2 is 1.04 bits per heavy atom. The highest BCUT2D eigenvalue weighted by Gasteiger charge is 2.39. The Kier molecular flexibility index (Phi) is 3.90. The monoisotopic (exact) mass is 328 g/mol. The lowest BCUT2D eigenvalue weighted by Gasteiger charge is -2.37. The molecule has 122 valence electrons. The van der Waals surface area contributed by atoms with Gasteiger partial charge in [0.15, 0.2) is 0 Å². The fraction of sp³-hybridized carbons (Fsp3) is 0.0455. The Hall–Kier alpha value is -3.20. The molecule has 1 aromatic heterocycles. The van der Waals surface area contributed by atoms with E-state index in [9.17, 15) is 4.39 Å². The van der Waals surface area contributed by atoms with Crippen molar-refractivity contribution in [3.8, 4) is 0 Å². The van der Waals surface area contributed by atoms with Crippen LogP contribution >= 0.6 is 0 Å². The maximum Gasteiger partial charge on any atom is 0.290 e. The number of imidazole rings is 1. The van der Waals surface area contributed by atoms with Crippen molar-refractivity contribution in [1.29, 1.82) is 0 Å². The zero-order chi connectivity index (χ0) is 17.1. The van der Waals surface area contributed by atoms with Gasteiger partial charge < -0.3 is 0 Å². The first-order chi connectivity index (χ1) is 12.3. The summed E-state index contributed by atoms with van der Waals surface area (Å²) in [6.45, 7) is 0. The third-order valence-corrected chi connectivity index (χ3v) is 4.53. The number of hydrogen-bond donors (Lipinski definition) is 0. The number of aromatic nitrogens is 2. The van der Waals surface area contributed by atoms with Crippen molar-refractivity contribution >= 4 is 0 Å². The summed E-state index contributed by atoms with van der Waals surface area (Å²) in [5.41, 5.74) is 2.10. The Balaban J connectivity index is 2.15. The van der Waals surface area contributed by atoms with Crippen LogP contribution in [0.2, 0.25) is 0 Å². The van der Waals surface area contributed by atoms with Crippen molar-refractivity contribution in [3.63, 3.8) is 0 Å². The quantitative estimate of drug-likeness (QED) is 0.489. The van der Waals surface area contributed by atoms with Gasteiger partial charge in [0.05, 0.1) is 0 Å². The fourth-order valence-electron chi connectivity index (χ4n) is 3.49. The van der Waals surface area contributed by atoms with E-state index in [1.165, 1.54) is 6.20 Å². The van der Waals surface area contributed by atoms with Crippen LogP contribution in [0.25, 0.3) is 0 Å². The van der Waals surface area contributed by atoms with Crippen LogP contribution in [0.3, 0.4) is 0 Å². The molecule has 0 unspecified atom stereocenters. The maximum atomic E-state index is 14.8. The molecule has 0 aliphatic carbocycles. The highest BCUT2D eigenvalue weighted by atomic mass is 19.1. The molecular weight excluding hydrogens is 311 g/mol. The molecule has 0 atom stereocenters. The topological polar surface area (TPSA) is 17.8 Å². The second-order valence-corrected chi connectivity index (χ2v) is 5.87. The summed E-state index contributed by atoms with van der Waals surface area (Å²) < 4.78 is 16.4. The molecule has 0 aliphatic rings. The molecule has 3 heteroatoms. The summed E-state index contributed by atoms with van der Waals surface area (Å²) in [5, 5.41) is 0. The summed E-state index contributed by atoms with van der Waals surface area (Å²) in [6, 6.07) is 29.9. The first-order valence-electron chi connectivity index (χ1n) is 8.19. The van der Waals surface area contributed by atoms with Crippen molar-refractivity contribution in [2.24, 2.45) is 0 Å². The fourth-order valence-corrected chi connectivity index (χ4v) is 3.49. The van der Waals surface area contributed by atoms with E-state index >= 15 is 0 Å². The molecule has 3 aromatic carbocycles. The zero-order valence-corrected chi connectivity index (χ0v) is 13.6. The van der Waals surface area contributed by atoms with Crippen molar-refractivity contribution in [2.75, 3.05) is 0 Å². The number of halogens is 1. The summed E-state index contributed by atoms with van der Waals surface area (Å²) in [5.74, 6) is 0. The lowest BCUT2D eigenvalue weighted by molar-refractivity contribution is 0.397. The minimum absolute atomic E-state index is 0.517. The van der Waals surface area contributed by atoms with Crippen LogP contribution in [0.1, 0.15) is 16.7 Å². The second-order valence-electron chi connectivity index (χ2n) is 5.87. The minimum atomic E-state index is -0.829. The van der Waals surface area contributed by atoms with E-state index in [0.717, 1.165) is 16.7 Å². The van der Waals surface area contributed by atoms with Gasteiger partial charge in [-0.25, -0.2) is 4.98 Å². The zero-order valence-electron chi connectivity index (χ0n) is 13.6.